The molecule has 0 fully saturated rings. The van der Waals surface area contributed by atoms with E-state index < -0.39 is 11.9 Å². The Morgan fingerprint density at radius 1 is 1.17 bits per heavy atom. The number of aliphatic hydroxyl groups is 1. The SMILES string of the molecule is O=C(NCC(O)c1ccccc1F)c1ccc(-n2cccn2)cc1. The second kappa shape index (κ2) is 7.06. The van der Waals surface area contributed by atoms with E-state index in [0.29, 0.717) is 5.56 Å². The maximum atomic E-state index is 13.6. The van der Waals surface area contributed by atoms with Crippen LogP contribution in [-0.4, -0.2) is 27.3 Å². The molecular formula is C18H16FN3O2. The molecule has 0 radical (unpaired) electrons. The molecular weight excluding hydrogens is 309 g/mol. The van der Waals surface area contributed by atoms with Gasteiger partial charge in [-0.05, 0) is 36.4 Å². The van der Waals surface area contributed by atoms with Crippen LogP contribution in [0.5, 0.6) is 0 Å². The Morgan fingerprint density at radius 2 is 1.92 bits per heavy atom. The van der Waals surface area contributed by atoms with Crippen molar-refractivity contribution in [1.29, 1.82) is 0 Å². The summed E-state index contributed by atoms with van der Waals surface area (Å²) >= 11 is 0. The molecule has 24 heavy (non-hydrogen) atoms. The third-order valence-electron chi connectivity index (χ3n) is 3.62. The average Bonchev–Trinajstić information content (AvgIpc) is 3.14. The first-order valence-electron chi connectivity index (χ1n) is 7.46. The number of amides is 1. The number of aliphatic hydroxyl groups excluding tert-OH is 1. The van der Waals surface area contributed by atoms with Crippen molar-refractivity contribution >= 4 is 5.91 Å². The van der Waals surface area contributed by atoms with Crippen molar-refractivity contribution in [3.8, 4) is 5.69 Å². The van der Waals surface area contributed by atoms with E-state index in [1.165, 1.54) is 12.1 Å². The second-order valence-corrected chi connectivity index (χ2v) is 5.24. The fourth-order valence-corrected chi connectivity index (χ4v) is 2.33. The predicted molar refractivity (Wildman–Crippen MR) is 87.3 cm³/mol. The van der Waals surface area contributed by atoms with Gasteiger partial charge in [0.05, 0.1) is 11.8 Å². The summed E-state index contributed by atoms with van der Waals surface area (Å²) in [6.07, 6.45) is 2.38. The van der Waals surface area contributed by atoms with Gasteiger partial charge < -0.3 is 10.4 Å². The van der Waals surface area contributed by atoms with Crippen molar-refractivity contribution in [3.63, 3.8) is 0 Å². The number of nitrogens with zero attached hydrogens (tertiary/aromatic N) is 2. The van der Waals surface area contributed by atoms with E-state index in [2.05, 4.69) is 10.4 Å². The van der Waals surface area contributed by atoms with Crippen LogP contribution in [0, 0.1) is 5.82 Å². The lowest BCUT2D eigenvalue weighted by molar-refractivity contribution is 0.0914. The number of rotatable bonds is 5. The molecule has 3 rings (SSSR count). The number of aromatic nitrogens is 2. The third-order valence-corrected chi connectivity index (χ3v) is 3.62. The Kier molecular flexibility index (Phi) is 4.67. The van der Waals surface area contributed by atoms with Crippen molar-refractivity contribution in [1.82, 2.24) is 15.1 Å². The summed E-state index contributed by atoms with van der Waals surface area (Å²) in [6, 6.07) is 14.6. The van der Waals surface area contributed by atoms with Crippen LogP contribution >= 0.6 is 0 Å². The molecule has 0 aliphatic carbocycles. The Labute approximate surface area is 138 Å². The highest BCUT2D eigenvalue weighted by atomic mass is 19.1. The minimum absolute atomic E-state index is 0.0688. The van der Waals surface area contributed by atoms with Crippen LogP contribution in [0.2, 0.25) is 0 Å². The zero-order chi connectivity index (χ0) is 16.9. The summed E-state index contributed by atoms with van der Waals surface area (Å²) in [5.74, 6) is -0.833. The molecule has 5 nitrogen and oxygen atoms in total. The number of hydrogen-bond acceptors (Lipinski definition) is 3. The lowest BCUT2D eigenvalue weighted by Crippen LogP contribution is -2.28. The standard InChI is InChI=1S/C18H16FN3O2/c19-16-5-2-1-4-15(16)17(23)12-20-18(24)13-6-8-14(9-7-13)22-11-3-10-21-22/h1-11,17,23H,12H2,(H,20,24). The van der Waals surface area contributed by atoms with E-state index >= 15 is 0 Å². The van der Waals surface area contributed by atoms with E-state index in [1.54, 1.807) is 53.5 Å². The van der Waals surface area contributed by atoms with E-state index in [-0.39, 0.29) is 18.0 Å². The molecule has 2 N–H and O–H groups in total. The molecule has 2 aromatic carbocycles. The van der Waals surface area contributed by atoms with Gasteiger partial charge in [-0.3, -0.25) is 4.79 Å². The predicted octanol–water partition coefficient (Wildman–Crippen LogP) is 2.47. The second-order valence-electron chi connectivity index (χ2n) is 5.24. The molecule has 122 valence electrons. The number of benzene rings is 2. The largest absolute Gasteiger partial charge is 0.386 e. The first-order chi connectivity index (χ1) is 11.6. The Bertz CT molecular complexity index is 817. The van der Waals surface area contributed by atoms with Gasteiger partial charge in [-0.1, -0.05) is 18.2 Å². The lowest BCUT2D eigenvalue weighted by atomic mass is 10.1. The van der Waals surface area contributed by atoms with Crippen LogP contribution in [0.25, 0.3) is 5.69 Å². The minimum Gasteiger partial charge on any atom is -0.386 e. The summed E-state index contributed by atoms with van der Waals surface area (Å²) in [5, 5.41) is 16.7. The molecule has 1 unspecified atom stereocenters. The van der Waals surface area contributed by atoms with Crippen LogP contribution < -0.4 is 5.32 Å². The molecule has 1 aromatic heterocycles. The van der Waals surface area contributed by atoms with E-state index in [0.717, 1.165) is 5.69 Å². The highest BCUT2D eigenvalue weighted by Gasteiger charge is 2.14. The maximum absolute atomic E-state index is 13.6. The third kappa shape index (κ3) is 3.49. The Hall–Kier alpha value is -2.99. The topological polar surface area (TPSA) is 67.2 Å². The van der Waals surface area contributed by atoms with Gasteiger partial charge in [0.2, 0.25) is 0 Å². The zero-order valence-corrected chi connectivity index (χ0v) is 12.8. The minimum atomic E-state index is -1.10. The number of carbonyl (C=O) groups excluding carboxylic acids is 1. The summed E-state index contributed by atoms with van der Waals surface area (Å²) in [6.45, 7) is -0.0688. The molecule has 6 heteroatoms. The maximum Gasteiger partial charge on any atom is 0.251 e. The highest BCUT2D eigenvalue weighted by Crippen LogP contribution is 2.16. The van der Waals surface area contributed by atoms with Crippen LogP contribution in [0.4, 0.5) is 4.39 Å². The van der Waals surface area contributed by atoms with Crippen LogP contribution in [-0.2, 0) is 0 Å². The lowest BCUT2D eigenvalue weighted by Gasteiger charge is -2.13. The van der Waals surface area contributed by atoms with Crippen LogP contribution in [0.3, 0.4) is 0 Å². The van der Waals surface area contributed by atoms with Crippen LogP contribution in [0.1, 0.15) is 22.0 Å². The fourth-order valence-electron chi connectivity index (χ4n) is 2.33. The number of carbonyl (C=O) groups is 1. The summed E-state index contributed by atoms with van der Waals surface area (Å²) < 4.78 is 15.3. The van der Waals surface area contributed by atoms with Crippen molar-refractivity contribution in [2.75, 3.05) is 6.54 Å². The van der Waals surface area contributed by atoms with Crippen molar-refractivity contribution in [3.05, 3.63) is 83.9 Å². The van der Waals surface area contributed by atoms with Gasteiger partial charge in [0.15, 0.2) is 0 Å². The van der Waals surface area contributed by atoms with Gasteiger partial charge in [-0.25, -0.2) is 9.07 Å². The van der Waals surface area contributed by atoms with E-state index in [4.69, 9.17) is 0 Å². The molecule has 0 spiro atoms. The highest BCUT2D eigenvalue weighted by molar-refractivity contribution is 5.94. The van der Waals surface area contributed by atoms with E-state index in [9.17, 15) is 14.3 Å². The van der Waals surface area contributed by atoms with Gasteiger partial charge in [-0.2, -0.15) is 5.10 Å². The number of halogens is 1. The van der Waals surface area contributed by atoms with Crippen LogP contribution in [0.15, 0.2) is 67.0 Å². The molecule has 0 bridgehead atoms. The number of hydrogen-bond donors (Lipinski definition) is 2. The Morgan fingerprint density at radius 3 is 2.58 bits per heavy atom. The van der Waals surface area contributed by atoms with Crippen molar-refractivity contribution in [2.24, 2.45) is 0 Å². The summed E-state index contributed by atoms with van der Waals surface area (Å²) in [7, 11) is 0. The van der Waals surface area contributed by atoms with Gasteiger partial charge in [0, 0.05) is 30.1 Å². The molecule has 1 amide bonds. The van der Waals surface area contributed by atoms with Crippen molar-refractivity contribution < 1.29 is 14.3 Å². The van der Waals surface area contributed by atoms with Gasteiger partial charge in [-0.15, -0.1) is 0 Å². The normalized spacial score (nSPS) is 11.9. The first-order valence-corrected chi connectivity index (χ1v) is 7.46. The first kappa shape index (κ1) is 15.9. The number of nitrogens with one attached hydrogen (secondary N) is 1. The molecule has 1 heterocycles. The van der Waals surface area contributed by atoms with Gasteiger partial charge in [0.25, 0.3) is 5.91 Å². The quantitative estimate of drug-likeness (QED) is 0.757. The van der Waals surface area contributed by atoms with Crippen molar-refractivity contribution in [2.45, 2.75) is 6.10 Å². The smallest absolute Gasteiger partial charge is 0.251 e. The molecule has 0 saturated carbocycles. The van der Waals surface area contributed by atoms with E-state index in [1.807, 2.05) is 6.07 Å². The monoisotopic (exact) mass is 325 g/mol. The summed E-state index contributed by atoms with van der Waals surface area (Å²) in [4.78, 5) is 12.1. The molecule has 1 atom stereocenters. The average molecular weight is 325 g/mol. The molecule has 3 aromatic rings. The Balaban J connectivity index is 1.62. The molecule has 0 aliphatic heterocycles. The van der Waals surface area contributed by atoms with Gasteiger partial charge in [0.1, 0.15) is 5.82 Å². The van der Waals surface area contributed by atoms with Gasteiger partial charge >= 0.3 is 0 Å². The zero-order valence-electron chi connectivity index (χ0n) is 12.8. The summed E-state index contributed by atoms with van der Waals surface area (Å²) in [5.41, 5.74) is 1.45. The molecule has 0 aliphatic rings. The fraction of sp³-hybridized carbons (Fsp3) is 0.111. The molecule has 0 saturated heterocycles.